The molecule has 0 aliphatic carbocycles. The van der Waals surface area contributed by atoms with Gasteiger partial charge in [-0.3, -0.25) is 4.21 Å². The molecule has 0 aromatic heterocycles. The zero-order chi connectivity index (χ0) is 17.4. The van der Waals surface area contributed by atoms with E-state index in [9.17, 15) is 4.21 Å². The van der Waals surface area contributed by atoms with Crippen molar-refractivity contribution in [2.75, 3.05) is 18.9 Å². The fraction of sp³-hybridized carbons (Fsp3) is 0.368. The quantitative estimate of drug-likeness (QED) is 0.707. The molecule has 2 rings (SSSR count). The third kappa shape index (κ3) is 5.74. The molecule has 0 bridgehead atoms. The van der Waals surface area contributed by atoms with E-state index in [0.717, 1.165) is 10.6 Å². The van der Waals surface area contributed by atoms with Crippen molar-refractivity contribution in [3.8, 4) is 5.75 Å². The van der Waals surface area contributed by atoms with Crippen molar-refractivity contribution in [3.63, 3.8) is 0 Å². The highest BCUT2D eigenvalue weighted by Crippen LogP contribution is 2.19. The first-order valence-electron chi connectivity index (χ1n) is 8.12. The fourth-order valence-electron chi connectivity index (χ4n) is 2.22. The smallest absolute Gasteiger partial charge is 0.197 e. The molecule has 0 amide bonds. The van der Waals surface area contributed by atoms with Gasteiger partial charge in [-0.05, 0) is 49.2 Å². The number of rotatable bonds is 9. The van der Waals surface area contributed by atoms with Gasteiger partial charge in [0.1, 0.15) is 5.75 Å². The summed E-state index contributed by atoms with van der Waals surface area (Å²) in [6.45, 7) is 4.93. The summed E-state index contributed by atoms with van der Waals surface area (Å²) in [5, 5.41) is 0. The van der Waals surface area contributed by atoms with E-state index in [1.807, 2.05) is 61.5 Å². The minimum Gasteiger partial charge on any atom is -0.465 e. The van der Waals surface area contributed by atoms with Gasteiger partial charge in [0.25, 0.3) is 0 Å². The summed E-state index contributed by atoms with van der Waals surface area (Å²) >= 11 is 0. The largest absolute Gasteiger partial charge is 0.465 e. The average Bonchev–Trinajstić information content (AvgIpc) is 2.62. The minimum atomic E-state index is -1.05. The Morgan fingerprint density at radius 2 is 1.71 bits per heavy atom. The molecule has 0 aliphatic rings. The molecule has 2 N–H and O–H groups in total. The SMILES string of the molecule is CC(OCCS(=O)c1ccccc1)Oc1ccc(C(C)CN)cc1. The number of hydrogen-bond acceptors (Lipinski definition) is 4. The molecule has 5 heteroatoms. The molecule has 0 fully saturated rings. The van der Waals surface area contributed by atoms with E-state index in [2.05, 4.69) is 6.92 Å². The molecular formula is C19H25NO3S. The number of benzene rings is 2. The van der Waals surface area contributed by atoms with Crippen molar-refractivity contribution in [2.45, 2.75) is 31.0 Å². The molecule has 24 heavy (non-hydrogen) atoms. The Labute approximate surface area is 146 Å². The van der Waals surface area contributed by atoms with E-state index in [1.54, 1.807) is 0 Å². The third-order valence-corrected chi connectivity index (χ3v) is 5.07. The summed E-state index contributed by atoms with van der Waals surface area (Å²) in [6, 6.07) is 17.3. The Kier molecular flexibility index (Phi) is 7.43. The Bertz CT molecular complexity index is 631. The second kappa shape index (κ2) is 9.57. The van der Waals surface area contributed by atoms with Gasteiger partial charge in [-0.2, -0.15) is 0 Å². The second-order valence-electron chi connectivity index (χ2n) is 5.62. The molecule has 4 nitrogen and oxygen atoms in total. The van der Waals surface area contributed by atoms with Crippen LogP contribution in [-0.2, 0) is 15.5 Å². The zero-order valence-corrected chi connectivity index (χ0v) is 15.0. The topological polar surface area (TPSA) is 61.5 Å². The molecule has 0 radical (unpaired) electrons. The standard InChI is InChI=1S/C19H25NO3S/c1-15(14-20)17-8-10-18(11-9-17)23-16(2)22-12-13-24(21)19-6-4-3-5-7-19/h3-11,15-16H,12-14,20H2,1-2H3. The predicted octanol–water partition coefficient (Wildman–Crippen LogP) is 3.30. The Morgan fingerprint density at radius 3 is 2.33 bits per heavy atom. The molecule has 0 spiro atoms. The lowest BCUT2D eigenvalue weighted by Gasteiger charge is -2.16. The Morgan fingerprint density at radius 1 is 1.04 bits per heavy atom. The van der Waals surface area contributed by atoms with E-state index < -0.39 is 17.1 Å². The predicted molar refractivity (Wildman–Crippen MR) is 97.7 cm³/mol. The van der Waals surface area contributed by atoms with Crippen LogP contribution >= 0.6 is 0 Å². The molecule has 130 valence electrons. The van der Waals surface area contributed by atoms with Crippen LogP contribution in [0, 0.1) is 0 Å². The third-order valence-electron chi connectivity index (χ3n) is 3.73. The molecule has 0 aliphatic heterocycles. The van der Waals surface area contributed by atoms with Gasteiger partial charge in [0.2, 0.25) is 0 Å². The van der Waals surface area contributed by atoms with Gasteiger partial charge in [-0.25, -0.2) is 0 Å². The second-order valence-corrected chi connectivity index (χ2v) is 7.20. The highest BCUT2D eigenvalue weighted by Gasteiger charge is 2.08. The maximum atomic E-state index is 12.1. The summed E-state index contributed by atoms with van der Waals surface area (Å²) in [5.74, 6) is 1.53. The molecule has 0 saturated carbocycles. The maximum Gasteiger partial charge on any atom is 0.197 e. The van der Waals surface area contributed by atoms with E-state index in [-0.39, 0.29) is 0 Å². The fourth-order valence-corrected chi connectivity index (χ4v) is 3.16. The van der Waals surface area contributed by atoms with Gasteiger partial charge in [-0.1, -0.05) is 37.3 Å². The average molecular weight is 347 g/mol. The van der Waals surface area contributed by atoms with Gasteiger partial charge in [0, 0.05) is 4.90 Å². The summed E-state index contributed by atoms with van der Waals surface area (Å²) in [5.41, 5.74) is 6.86. The van der Waals surface area contributed by atoms with E-state index in [4.69, 9.17) is 15.2 Å². The number of ether oxygens (including phenoxy) is 2. The Hall–Kier alpha value is -1.69. The van der Waals surface area contributed by atoms with Crippen molar-refractivity contribution < 1.29 is 13.7 Å². The van der Waals surface area contributed by atoms with Gasteiger partial charge >= 0.3 is 0 Å². The van der Waals surface area contributed by atoms with Crippen LogP contribution in [0.5, 0.6) is 5.75 Å². The first-order chi connectivity index (χ1) is 11.6. The summed E-state index contributed by atoms with van der Waals surface area (Å²) in [7, 11) is -1.05. The van der Waals surface area contributed by atoms with Crippen LogP contribution in [0.1, 0.15) is 25.3 Å². The zero-order valence-electron chi connectivity index (χ0n) is 14.2. The van der Waals surface area contributed by atoms with Crippen molar-refractivity contribution in [2.24, 2.45) is 5.73 Å². The lowest BCUT2D eigenvalue weighted by atomic mass is 10.0. The Balaban J connectivity index is 1.75. The highest BCUT2D eigenvalue weighted by atomic mass is 32.2. The van der Waals surface area contributed by atoms with Gasteiger partial charge in [0.15, 0.2) is 6.29 Å². The number of nitrogens with two attached hydrogens (primary N) is 1. The molecular weight excluding hydrogens is 322 g/mol. The molecule has 2 aromatic carbocycles. The molecule has 0 saturated heterocycles. The summed E-state index contributed by atoms with van der Waals surface area (Å²) in [6.07, 6.45) is -0.393. The lowest BCUT2D eigenvalue weighted by molar-refractivity contribution is -0.0603. The van der Waals surface area contributed by atoms with Crippen LogP contribution in [0.2, 0.25) is 0 Å². The van der Waals surface area contributed by atoms with Gasteiger partial charge in [-0.15, -0.1) is 0 Å². The normalized spacial score (nSPS) is 14.8. The van der Waals surface area contributed by atoms with Crippen molar-refractivity contribution in [1.82, 2.24) is 0 Å². The molecule has 2 aromatic rings. The number of hydrogen-bond donors (Lipinski definition) is 1. The first-order valence-corrected chi connectivity index (χ1v) is 9.43. The van der Waals surface area contributed by atoms with Crippen LogP contribution in [0.3, 0.4) is 0 Å². The molecule has 3 unspecified atom stereocenters. The van der Waals surface area contributed by atoms with Crippen LogP contribution in [0.25, 0.3) is 0 Å². The van der Waals surface area contributed by atoms with Crippen molar-refractivity contribution in [1.29, 1.82) is 0 Å². The lowest BCUT2D eigenvalue weighted by Crippen LogP contribution is -2.19. The molecule has 0 heterocycles. The maximum absolute atomic E-state index is 12.1. The van der Waals surface area contributed by atoms with E-state index in [1.165, 1.54) is 5.56 Å². The summed E-state index contributed by atoms with van der Waals surface area (Å²) in [4.78, 5) is 0.819. The molecule has 3 atom stereocenters. The van der Waals surface area contributed by atoms with E-state index >= 15 is 0 Å². The van der Waals surface area contributed by atoms with Crippen LogP contribution in [-0.4, -0.2) is 29.4 Å². The van der Waals surface area contributed by atoms with Crippen molar-refractivity contribution in [3.05, 3.63) is 60.2 Å². The van der Waals surface area contributed by atoms with Gasteiger partial charge in [0.05, 0.1) is 23.2 Å². The van der Waals surface area contributed by atoms with Crippen LogP contribution in [0.4, 0.5) is 0 Å². The van der Waals surface area contributed by atoms with Crippen LogP contribution in [0.15, 0.2) is 59.5 Å². The minimum absolute atomic E-state index is 0.334. The van der Waals surface area contributed by atoms with E-state index in [0.29, 0.717) is 24.8 Å². The van der Waals surface area contributed by atoms with Crippen molar-refractivity contribution >= 4 is 10.8 Å². The highest BCUT2D eigenvalue weighted by molar-refractivity contribution is 7.85. The van der Waals surface area contributed by atoms with Gasteiger partial charge < -0.3 is 15.2 Å². The monoisotopic (exact) mass is 347 g/mol. The van der Waals surface area contributed by atoms with Crippen LogP contribution < -0.4 is 10.5 Å². The summed E-state index contributed by atoms with van der Waals surface area (Å²) < 4.78 is 23.4. The first kappa shape index (κ1) is 18.6.